The Morgan fingerprint density at radius 1 is 0.830 bits per heavy atom. The van der Waals surface area contributed by atoms with Crippen LogP contribution in [0.15, 0.2) is 78.2 Å². The van der Waals surface area contributed by atoms with Gasteiger partial charge in [0, 0.05) is 11.6 Å². The van der Waals surface area contributed by atoms with Crippen molar-refractivity contribution in [3.05, 3.63) is 120 Å². The van der Waals surface area contributed by atoms with E-state index in [1.54, 1.807) is 5.48 Å². The van der Waals surface area contributed by atoms with Gasteiger partial charge in [0.2, 0.25) is 0 Å². The van der Waals surface area contributed by atoms with E-state index in [-0.39, 0.29) is 72.8 Å². The number of methoxy groups -OCH3 is 1. The monoisotopic (exact) mass is 944 g/mol. The average molecular weight is 944 g/mol. The third kappa shape index (κ3) is 10.6. The van der Waals surface area contributed by atoms with E-state index < -0.39 is 58.5 Å². The van der Waals surface area contributed by atoms with Crippen LogP contribution in [-0.4, -0.2) is 34.6 Å². The van der Waals surface area contributed by atoms with Crippen molar-refractivity contribution in [1.82, 2.24) is 4.98 Å². The van der Waals surface area contributed by atoms with Crippen molar-refractivity contribution in [2.75, 3.05) is 12.6 Å². The molecule has 53 heavy (non-hydrogen) atoms. The van der Waals surface area contributed by atoms with E-state index in [2.05, 4.69) is 11.2 Å². The summed E-state index contributed by atoms with van der Waals surface area (Å²) in [4.78, 5) is 14.3. The molecule has 0 saturated heterocycles. The Kier molecular flexibility index (Phi) is 14.8. The number of anilines is 1. The van der Waals surface area contributed by atoms with Gasteiger partial charge in [-0.3, -0.25) is 10.7 Å². The molecule has 1 atom stereocenters. The van der Waals surface area contributed by atoms with Crippen LogP contribution in [0.1, 0.15) is 39.9 Å². The van der Waals surface area contributed by atoms with Gasteiger partial charge in [0.15, 0.2) is 0 Å². The van der Waals surface area contributed by atoms with Gasteiger partial charge in [-0.2, -0.15) is 39.5 Å². The zero-order valence-corrected chi connectivity index (χ0v) is 31.1. The quantitative estimate of drug-likeness (QED) is 0.0855. The fourth-order valence-corrected chi connectivity index (χ4v) is 5.41. The number of carboxylic acids is 1. The summed E-state index contributed by atoms with van der Waals surface area (Å²) in [5.41, 5.74) is -2.00. The molecule has 1 heterocycles. The van der Waals surface area contributed by atoms with Crippen LogP contribution in [-0.2, 0) is 33.4 Å². The fourth-order valence-electron chi connectivity index (χ4n) is 4.79. The third-order valence-corrected chi connectivity index (χ3v) is 8.21. The molecule has 0 spiro atoms. The Hall–Kier alpha value is -4.47. The molecule has 0 saturated carbocycles. The van der Waals surface area contributed by atoms with Gasteiger partial charge in [-0.1, -0.05) is 59.5 Å². The van der Waals surface area contributed by atoms with E-state index in [1.807, 2.05) is 0 Å². The summed E-state index contributed by atoms with van der Waals surface area (Å²) >= 11 is 0.910. The minimum Gasteiger partial charge on any atom is -0.494 e. The molecule has 282 valence electrons. The molecule has 0 amide bonds. The maximum absolute atomic E-state index is 14.0. The summed E-state index contributed by atoms with van der Waals surface area (Å²) < 4.78 is 140. The number of hydrogen-bond donors (Lipinski definition) is 3. The number of nitrogens with one attached hydrogen (secondary N) is 1. The van der Waals surface area contributed by atoms with Crippen LogP contribution in [0, 0.1) is 19.4 Å². The minimum atomic E-state index is -4.92. The number of thiazole rings is 1. The molecule has 0 fully saturated rings. The molecular weight excluding hydrogens is 918 g/mol. The molecule has 4 aromatic carbocycles. The molecule has 3 N–H and O–H groups in total. The predicted octanol–water partition coefficient (Wildman–Crippen LogP) is 11.4. The number of benzene rings is 4. The number of rotatable bonds is 7. The molecule has 5 aromatic rings. The summed E-state index contributed by atoms with van der Waals surface area (Å²) in [7, 11) is 1.28. The van der Waals surface area contributed by atoms with Crippen molar-refractivity contribution in [2.45, 2.75) is 31.4 Å². The van der Waals surface area contributed by atoms with Crippen LogP contribution in [0.5, 0.6) is 5.75 Å². The summed E-state index contributed by atoms with van der Waals surface area (Å²) in [6.07, 6.45) is -11.8. The number of hydrogen-bond acceptors (Lipinski definition) is 6. The topological polar surface area (TPSA) is 91.7 Å². The number of alkyl halides is 9. The van der Waals surface area contributed by atoms with E-state index in [1.165, 1.54) is 42.8 Å². The molecule has 0 radical (unpaired) electrons. The van der Waals surface area contributed by atoms with Crippen molar-refractivity contribution >= 4 is 23.0 Å². The van der Waals surface area contributed by atoms with Gasteiger partial charge >= 0.3 is 45.6 Å². The van der Waals surface area contributed by atoms with E-state index in [0.717, 1.165) is 54.7 Å². The van der Waals surface area contributed by atoms with Crippen LogP contribution in [0.3, 0.4) is 0 Å². The van der Waals surface area contributed by atoms with E-state index in [9.17, 15) is 48.7 Å². The molecule has 0 aliphatic heterocycles. The van der Waals surface area contributed by atoms with E-state index in [0.29, 0.717) is 6.07 Å². The molecule has 0 aliphatic rings. The Bertz CT molecular complexity index is 2000. The number of carbonyl (C=O) groups is 1. The van der Waals surface area contributed by atoms with Crippen LogP contribution in [0.4, 0.5) is 49.6 Å². The number of ether oxygens (including phenoxy) is 1. The zero-order valence-electron chi connectivity index (χ0n) is 27.3. The molecule has 6 nitrogen and oxygen atoms in total. The molecule has 0 aliphatic carbocycles. The van der Waals surface area contributed by atoms with Gasteiger partial charge in [-0.05, 0) is 57.9 Å². The van der Waals surface area contributed by atoms with Crippen molar-refractivity contribution in [3.63, 3.8) is 0 Å². The summed E-state index contributed by atoms with van der Waals surface area (Å²) in [6.45, 7) is 0.971. The average Bonchev–Trinajstić information content (AvgIpc) is 3.61. The van der Waals surface area contributed by atoms with Gasteiger partial charge in [0.1, 0.15) is 17.3 Å². The second kappa shape index (κ2) is 17.6. The maximum atomic E-state index is 14.0. The van der Waals surface area contributed by atoms with E-state index in [4.69, 9.17) is 15.1 Å². The molecular formula is C35H26F10N2O4SW. The van der Waals surface area contributed by atoms with Crippen LogP contribution >= 0.6 is 11.3 Å². The third-order valence-electron chi connectivity index (χ3n) is 7.46. The van der Waals surface area contributed by atoms with Gasteiger partial charge in [-0.15, -0.1) is 6.20 Å². The van der Waals surface area contributed by atoms with Crippen LogP contribution in [0.2, 0.25) is 0 Å². The molecule has 0 bridgehead atoms. The summed E-state index contributed by atoms with van der Waals surface area (Å²) in [5.74, 6) is -4.06. The van der Waals surface area contributed by atoms with Gasteiger partial charge in [0.05, 0.1) is 24.2 Å². The predicted molar refractivity (Wildman–Crippen MR) is 173 cm³/mol. The van der Waals surface area contributed by atoms with Gasteiger partial charge < -0.3 is 22.3 Å². The second-order valence-corrected chi connectivity index (χ2v) is 11.5. The van der Waals surface area contributed by atoms with Gasteiger partial charge in [0.25, 0.3) is 0 Å². The number of nitrogens with zero attached hydrogens (tertiary/aromatic N) is 1. The van der Waals surface area contributed by atoms with Crippen molar-refractivity contribution in [2.24, 2.45) is 0 Å². The first-order valence-corrected chi connectivity index (χ1v) is 15.1. The first-order valence-electron chi connectivity index (χ1n) is 14.2. The number of halogens is 10. The molecule has 18 heteroatoms. The Balaban J connectivity index is 0.000000515. The van der Waals surface area contributed by atoms with E-state index >= 15 is 0 Å². The Morgan fingerprint density at radius 2 is 1.36 bits per heavy atom. The molecule has 5 rings (SSSR count). The normalized spacial score (nSPS) is 12.0. The van der Waals surface area contributed by atoms with Gasteiger partial charge in [-0.25, -0.2) is 20.5 Å². The van der Waals surface area contributed by atoms with Crippen LogP contribution < -0.4 is 10.2 Å². The van der Waals surface area contributed by atoms with Crippen molar-refractivity contribution in [3.8, 4) is 38.6 Å². The summed E-state index contributed by atoms with van der Waals surface area (Å²) in [5, 5.41) is 18.5. The zero-order chi connectivity index (χ0) is 37.9. The van der Waals surface area contributed by atoms with Crippen molar-refractivity contribution < 1.29 is 84.8 Å². The number of aromatic nitrogens is 1. The SMILES string of the molecule is CC(c1ccc(-c2ccc(-c3ccc(-c4n[c-]cs4)c(C(F)(F)F)c3)c(C(F)(F)F)c2)cc1)C(F)(F)F.COc1cc(C(=O)O)c(F)cc1NO.[CH3-].[W+2]. The molecule has 1 aromatic heterocycles. The first kappa shape index (κ1) is 44.7. The minimum absolute atomic E-state index is 0. The van der Waals surface area contributed by atoms with Crippen molar-refractivity contribution in [1.29, 1.82) is 0 Å². The largest absolute Gasteiger partial charge is 2.00 e. The molecule has 1 unspecified atom stereocenters. The Labute approximate surface area is 314 Å². The fraction of sp³-hybridized carbons (Fsp3) is 0.171. The standard InChI is InChI=1S/C26H15F9NS.C8H8FNO4.CH3.W/c1-14(24(27,28)29)15-2-4-16(5-3-15)17-6-8-19(21(12-17)25(30,31)32)18-7-9-20(23-36-10-11-37-23)22(13-18)26(33,34)35;1-14-7-2-4(8(11)12)5(9)3-6(7)10-13;;/h2-9,11-14H,1H3;2-3,10,13H,1H3,(H,11,12);1H3;/q-1;;-1;+2. The number of aromatic carboxylic acids is 1. The maximum Gasteiger partial charge on any atom is 2.00 e. The number of carboxylic acid groups (broad SMARTS) is 1. The second-order valence-electron chi connectivity index (χ2n) is 10.6. The Morgan fingerprint density at radius 3 is 1.85 bits per heavy atom. The van der Waals surface area contributed by atoms with Crippen LogP contribution in [0.25, 0.3) is 32.8 Å². The smallest absolute Gasteiger partial charge is 0.494 e. The first-order chi connectivity index (χ1) is 23.8. The summed E-state index contributed by atoms with van der Waals surface area (Å²) in [6, 6.07) is 12.7.